The first kappa shape index (κ1) is 40.9. The molecule has 0 atom stereocenters. The van der Waals surface area contributed by atoms with Gasteiger partial charge in [-0.05, 0) is 61.1 Å². The lowest BCUT2D eigenvalue weighted by Gasteiger charge is -2.35. The van der Waals surface area contributed by atoms with Crippen LogP contribution in [0.15, 0.2) is 42.9 Å². The number of carbonyl (C=O) groups excluding carboxylic acids is 2. The predicted molar refractivity (Wildman–Crippen MR) is 175 cm³/mol. The number of pyridine rings is 1. The Labute approximate surface area is 306 Å². The molecule has 22 heteroatoms. The van der Waals surface area contributed by atoms with Crippen LogP contribution >= 0.6 is 11.6 Å². The zero-order chi connectivity index (χ0) is 39.8. The van der Waals surface area contributed by atoms with Gasteiger partial charge >= 0.3 is 24.3 Å². The molecule has 0 unspecified atom stereocenters. The molecule has 3 aromatic rings. The molecule has 4 N–H and O–H groups in total. The third-order valence-electron chi connectivity index (χ3n) is 7.93. The summed E-state index contributed by atoms with van der Waals surface area (Å²) in [5.41, 5.74) is 2.65. The van der Waals surface area contributed by atoms with Crippen LogP contribution < -0.4 is 15.4 Å². The van der Waals surface area contributed by atoms with E-state index in [1.165, 1.54) is 6.20 Å². The van der Waals surface area contributed by atoms with Crippen LogP contribution in [0, 0.1) is 16.7 Å². The average Bonchev–Trinajstić information content (AvgIpc) is 3.92. The highest BCUT2D eigenvalue weighted by atomic mass is 35.5. The summed E-state index contributed by atoms with van der Waals surface area (Å²) in [6, 6.07) is 9.80. The SMILES string of the molecule is N#CC1(C(=O)N2CCN(C(=O)COc3ccc4cc3CCc3cncc(c3)Nc3ncc(Cl)c(n3)N4)CC2)CC1.O=C(O)C(F)(F)F.O=C(O)C(F)(F)F. The fourth-order valence-corrected chi connectivity index (χ4v) is 5.08. The number of carboxylic acids is 2. The zero-order valence-corrected chi connectivity index (χ0v) is 28.4. The van der Waals surface area contributed by atoms with E-state index in [9.17, 15) is 41.2 Å². The van der Waals surface area contributed by atoms with Crippen molar-refractivity contribution in [3.8, 4) is 11.8 Å². The average molecular weight is 787 g/mol. The molecular formula is C32H29ClF6N8O7. The van der Waals surface area contributed by atoms with Crippen molar-refractivity contribution in [1.29, 1.82) is 5.26 Å². The van der Waals surface area contributed by atoms with E-state index in [2.05, 4.69) is 31.7 Å². The van der Waals surface area contributed by atoms with Gasteiger partial charge in [-0.3, -0.25) is 14.6 Å². The molecule has 1 aromatic carbocycles. The molecule has 54 heavy (non-hydrogen) atoms. The number of aliphatic carboxylic acids is 2. The Morgan fingerprint density at radius 1 is 0.889 bits per heavy atom. The number of aryl methyl sites for hydroxylation is 2. The maximum Gasteiger partial charge on any atom is 0.490 e. The standard InChI is InChI=1S/C28H27ClN8O3.2C2HF3O2/c29-22-15-32-27-34-21-11-18(13-31-14-21)1-2-19-12-20(33-25(22)35-27)3-4-23(19)40-16-24(38)36-7-9-37(10-8-36)26(39)28(17-30)5-6-28;2*3-2(4,5)1(6)7/h3-4,11-15H,1-2,5-10,16H2,(H2,32,33,34,35);2*(H,6,7). The Bertz CT molecular complexity index is 1910. The second-order valence-electron chi connectivity index (χ2n) is 11.8. The van der Waals surface area contributed by atoms with Gasteiger partial charge in [0.05, 0.1) is 24.2 Å². The van der Waals surface area contributed by atoms with Crippen molar-refractivity contribution in [1.82, 2.24) is 24.8 Å². The number of nitrogens with one attached hydrogen (secondary N) is 2. The Kier molecular flexibility index (Phi) is 12.7. The van der Waals surface area contributed by atoms with Crippen LogP contribution in [0.2, 0.25) is 5.02 Å². The topological polar surface area (TPSA) is 211 Å². The normalized spacial score (nSPS) is 15.6. The number of nitrogens with zero attached hydrogens (tertiary/aromatic N) is 6. The van der Waals surface area contributed by atoms with Crippen LogP contribution in [-0.4, -0.2) is 104 Å². The van der Waals surface area contributed by atoms with E-state index in [-0.39, 0.29) is 18.4 Å². The van der Waals surface area contributed by atoms with E-state index in [4.69, 9.17) is 36.1 Å². The fraction of sp³-hybridized carbons (Fsp3) is 0.375. The van der Waals surface area contributed by atoms with E-state index >= 15 is 0 Å². The maximum atomic E-state index is 13.0. The molecule has 6 rings (SSSR count). The molecule has 0 spiro atoms. The molecule has 0 radical (unpaired) electrons. The maximum absolute atomic E-state index is 13.0. The number of anilines is 4. The van der Waals surface area contributed by atoms with E-state index in [1.54, 1.807) is 16.0 Å². The number of ether oxygens (including phenoxy) is 1. The number of benzene rings is 1. The van der Waals surface area contributed by atoms with Crippen LogP contribution in [0.4, 0.5) is 49.5 Å². The van der Waals surface area contributed by atoms with Crippen molar-refractivity contribution in [2.24, 2.45) is 5.41 Å². The van der Waals surface area contributed by atoms with E-state index in [1.807, 2.05) is 30.5 Å². The van der Waals surface area contributed by atoms with Gasteiger partial charge in [-0.1, -0.05) is 11.6 Å². The smallest absolute Gasteiger partial charge is 0.483 e. The lowest BCUT2D eigenvalue weighted by molar-refractivity contribution is -0.193. The van der Waals surface area contributed by atoms with Gasteiger partial charge in [0.15, 0.2) is 12.4 Å². The largest absolute Gasteiger partial charge is 0.490 e. The van der Waals surface area contributed by atoms with Crippen molar-refractivity contribution in [3.05, 3.63) is 59.0 Å². The second-order valence-corrected chi connectivity index (χ2v) is 12.2. The molecule has 1 aliphatic carbocycles. The van der Waals surface area contributed by atoms with Gasteiger partial charge in [0.1, 0.15) is 16.2 Å². The predicted octanol–water partition coefficient (Wildman–Crippen LogP) is 4.73. The Morgan fingerprint density at radius 3 is 2.07 bits per heavy atom. The minimum atomic E-state index is -5.08. The number of hydrogen-bond donors (Lipinski definition) is 4. The summed E-state index contributed by atoms with van der Waals surface area (Å²) < 4.78 is 69.5. The van der Waals surface area contributed by atoms with Gasteiger partial charge in [0, 0.05) is 38.1 Å². The molecule has 2 fully saturated rings. The number of hydrogen-bond acceptors (Lipinski definition) is 11. The first-order chi connectivity index (χ1) is 25.3. The quantitative estimate of drug-likeness (QED) is 0.264. The highest BCUT2D eigenvalue weighted by molar-refractivity contribution is 6.32. The summed E-state index contributed by atoms with van der Waals surface area (Å²) in [5.74, 6) is -4.30. The van der Waals surface area contributed by atoms with Crippen LogP contribution in [-0.2, 0) is 32.0 Å². The molecule has 2 aliphatic heterocycles. The molecule has 1 saturated heterocycles. The van der Waals surface area contributed by atoms with Crippen molar-refractivity contribution < 1.29 is 60.5 Å². The Balaban J connectivity index is 0.000000396. The van der Waals surface area contributed by atoms with Crippen molar-refractivity contribution >= 4 is 58.5 Å². The number of rotatable bonds is 4. The number of fused-ring (bicyclic) bond motifs is 6. The molecular weight excluding hydrogens is 758 g/mol. The number of aromatic nitrogens is 3. The van der Waals surface area contributed by atoms with Crippen LogP contribution in [0.25, 0.3) is 0 Å². The number of alkyl halides is 6. The van der Waals surface area contributed by atoms with Gasteiger partial charge in [-0.2, -0.15) is 36.6 Å². The first-order valence-electron chi connectivity index (χ1n) is 15.7. The molecule has 288 valence electrons. The van der Waals surface area contributed by atoms with Crippen molar-refractivity contribution in [2.45, 2.75) is 38.0 Å². The highest BCUT2D eigenvalue weighted by Gasteiger charge is 2.52. The van der Waals surface area contributed by atoms with Crippen LogP contribution in [0.1, 0.15) is 24.0 Å². The van der Waals surface area contributed by atoms with Gasteiger partial charge in [0.25, 0.3) is 5.91 Å². The van der Waals surface area contributed by atoms with Gasteiger partial charge in [-0.25, -0.2) is 14.6 Å². The summed E-state index contributed by atoms with van der Waals surface area (Å²) in [5, 5.41) is 30.4. The van der Waals surface area contributed by atoms with E-state index in [0.29, 0.717) is 74.4 Å². The second kappa shape index (κ2) is 16.8. The lowest BCUT2D eigenvalue weighted by Crippen LogP contribution is -2.53. The summed E-state index contributed by atoms with van der Waals surface area (Å²) in [4.78, 5) is 59.9. The molecule has 15 nitrogen and oxygen atoms in total. The van der Waals surface area contributed by atoms with Gasteiger partial charge in [0.2, 0.25) is 11.9 Å². The van der Waals surface area contributed by atoms with Crippen LogP contribution in [0.3, 0.4) is 0 Å². The van der Waals surface area contributed by atoms with Crippen LogP contribution in [0.5, 0.6) is 5.75 Å². The zero-order valence-electron chi connectivity index (χ0n) is 27.7. The third-order valence-corrected chi connectivity index (χ3v) is 8.21. The van der Waals surface area contributed by atoms with Crippen molar-refractivity contribution in [2.75, 3.05) is 43.4 Å². The Morgan fingerprint density at radius 2 is 1.50 bits per heavy atom. The summed E-state index contributed by atoms with van der Waals surface area (Å²) in [6.45, 7) is 1.58. The highest BCUT2D eigenvalue weighted by Crippen LogP contribution is 2.46. The molecule has 2 amide bonds. The molecule has 4 heterocycles. The van der Waals surface area contributed by atoms with E-state index < -0.39 is 29.7 Å². The molecule has 1 saturated carbocycles. The minimum Gasteiger partial charge on any atom is -0.483 e. The summed E-state index contributed by atoms with van der Waals surface area (Å²) in [6.07, 6.45) is -2.51. The number of nitriles is 1. The summed E-state index contributed by atoms with van der Waals surface area (Å²) in [7, 11) is 0. The number of carboxylic acid groups (broad SMARTS) is 2. The number of amides is 2. The fourth-order valence-electron chi connectivity index (χ4n) is 4.94. The van der Waals surface area contributed by atoms with Gasteiger partial charge in [-0.15, -0.1) is 0 Å². The van der Waals surface area contributed by atoms with Crippen molar-refractivity contribution in [3.63, 3.8) is 0 Å². The monoisotopic (exact) mass is 786 g/mol. The number of piperazine rings is 1. The van der Waals surface area contributed by atoms with E-state index in [0.717, 1.165) is 22.5 Å². The summed E-state index contributed by atoms with van der Waals surface area (Å²) >= 11 is 6.35. The third kappa shape index (κ3) is 11.0. The van der Waals surface area contributed by atoms with Gasteiger partial charge < -0.3 is 35.4 Å². The lowest BCUT2D eigenvalue weighted by atomic mass is 10.0. The minimum absolute atomic E-state index is 0.108. The molecule has 2 aromatic heterocycles. The molecule has 6 bridgehead atoms. The molecule has 3 aliphatic rings. The number of halogens is 7. The first-order valence-corrected chi connectivity index (χ1v) is 16.0. The number of carbonyl (C=O) groups is 4. The Hall–Kier alpha value is -5.91.